The summed E-state index contributed by atoms with van der Waals surface area (Å²) >= 11 is 1.41. The van der Waals surface area contributed by atoms with Crippen LogP contribution in [0.4, 0.5) is 5.69 Å². The smallest absolute Gasteiger partial charge is 0.237 e. The third-order valence-corrected chi connectivity index (χ3v) is 5.45. The number of anilines is 1. The number of fused-ring (bicyclic) bond motifs is 3. The maximum absolute atomic E-state index is 12.8. The SMILES string of the molecule is CCc1nnc(SCC(=O)N(CC)c2ccccc2)c2cc3occc3n12. The van der Waals surface area contributed by atoms with Crippen LogP contribution in [0.2, 0.25) is 0 Å². The monoisotopic (exact) mass is 380 g/mol. The zero-order valence-corrected chi connectivity index (χ0v) is 16.1. The van der Waals surface area contributed by atoms with E-state index < -0.39 is 0 Å². The Labute approximate surface area is 161 Å². The lowest BCUT2D eigenvalue weighted by Crippen LogP contribution is -2.32. The van der Waals surface area contributed by atoms with Crippen molar-refractivity contribution in [3.63, 3.8) is 0 Å². The number of carbonyl (C=O) groups is 1. The molecule has 4 aromatic rings. The summed E-state index contributed by atoms with van der Waals surface area (Å²) in [6.45, 7) is 4.65. The van der Waals surface area contributed by atoms with Gasteiger partial charge in [-0.25, -0.2) is 0 Å². The standard InChI is InChI=1S/C20H20N4O2S/c1-3-18-21-22-20(16-12-17-15(24(16)18)10-11-26-17)27-13-19(25)23(4-2)14-8-6-5-7-9-14/h5-12H,3-4,13H2,1-2H3. The number of hydrogen-bond acceptors (Lipinski definition) is 5. The second kappa shape index (κ2) is 7.44. The minimum atomic E-state index is 0.0449. The Morgan fingerprint density at radius 2 is 1.96 bits per heavy atom. The fourth-order valence-corrected chi connectivity index (χ4v) is 4.02. The Bertz CT molecular complexity index is 1090. The average Bonchev–Trinajstić information content (AvgIpc) is 3.29. The predicted molar refractivity (Wildman–Crippen MR) is 107 cm³/mol. The van der Waals surface area contributed by atoms with Gasteiger partial charge < -0.3 is 9.32 Å². The van der Waals surface area contributed by atoms with Crippen LogP contribution >= 0.6 is 11.8 Å². The number of aromatic nitrogens is 3. The first-order valence-corrected chi connectivity index (χ1v) is 9.94. The topological polar surface area (TPSA) is 63.6 Å². The number of amides is 1. The van der Waals surface area contributed by atoms with Crippen LogP contribution in [0.3, 0.4) is 0 Å². The second-order valence-corrected chi connectivity index (χ2v) is 7.04. The van der Waals surface area contributed by atoms with Crippen LogP contribution in [0.15, 0.2) is 58.2 Å². The summed E-state index contributed by atoms with van der Waals surface area (Å²) in [5.74, 6) is 1.21. The first kappa shape index (κ1) is 17.6. The Hall–Kier alpha value is -2.80. The molecule has 0 fully saturated rings. The third kappa shape index (κ3) is 3.19. The van der Waals surface area contributed by atoms with E-state index in [9.17, 15) is 4.79 Å². The highest BCUT2D eigenvalue weighted by Crippen LogP contribution is 2.29. The molecule has 0 spiro atoms. The van der Waals surface area contributed by atoms with Crippen molar-refractivity contribution in [3.05, 3.63) is 54.6 Å². The van der Waals surface area contributed by atoms with E-state index in [1.807, 2.05) is 56.3 Å². The van der Waals surface area contributed by atoms with E-state index in [2.05, 4.69) is 14.6 Å². The molecule has 0 saturated carbocycles. The van der Waals surface area contributed by atoms with Crippen molar-refractivity contribution in [2.75, 3.05) is 17.2 Å². The molecule has 0 aliphatic carbocycles. The van der Waals surface area contributed by atoms with E-state index in [1.54, 1.807) is 11.2 Å². The minimum absolute atomic E-state index is 0.0449. The van der Waals surface area contributed by atoms with Gasteiger partial charge in [-0.3, -0.25) is 9.20 Å². The summed E-state index contributed by atoms with van der Waals surface area (Å²) in [5.41, 5.74) is 3.61. The van der Waals surface area contributed by atoms with E-state index in [-0.39, 0.29) is 5.91 Å². The summed E-state index contributed by atoms with van der Waals surface area (Å²) in [6.07, 6.45) is 2.44. The first-order valence-electron chi connectivity index (χ1n) is 8.95. The molecule has 3 aromatic heterocycles. The van der Waals surface area contributed by atoms with Crippen LogP contribution in [-0.2, 0) is 11.2 Å². The van der Waals surface area contributed by atoms with Gasteiger partial charge in [-0.2, -0.15) is 0 Å². The summed E-state index contributed by atoms with van der Waals surface area (Å²) in [6, 6.07) is 13.6. The second-order valence-electron chi connectivity index (χ2n) is 6.07. The molecule has 138 valence electrons. The summed E-state index contributed by atoms with van der Waals surface area (Å²) in [5, 5.41) is 9.45. The van der Waals surface area contributed by atoms with Crippen molar-refractivity contribution in [2.45, 2.75) is 25.3 Å². The number of furan rings is 1. The van der Waals surface area contributed by atoms with Gasteiger partial charge >= 0.3 is 0 Å². The summed E-state index contributed by atoms with van der Waals surface area (Å²) < 4.78 is 7.60. The predicted octanol–water partition coefficient (Wildman–Crippen LogP) is 4.18. The van der Waals surface area contributed by atoms with Crippen molar-refractivity contribution in [1.29, 1.82) is 0 Å². The zero-order valence-electron chi connectivity index (χ0n) is 15.3. The molecule has 6 nitrogen and oxygen atoms in total. The van der Waals surface area contributed by atoms with Crippen LogP contribution in [0.25, 0.3) is 16.6 Å². The van der Waals surface area contributed by atoms with Crippen LogP contribution in [-0.4, -0.2) is 32.8 Å². The minimum Gasteiger partial charge on any atom is -0.463 e. The molecule has 0 N–H and O–H groups in total. The number of carbonyl (C=O) groups excluding carboxylic acids is 1. The Kier molecular flexibility index (Phi) is 4.85. The maximum Gasteiger partial charge on any atom is 0.237 e. The molecular formula is C20H20N4O2S. The molecule has 0 aliphatic rings. The number of nitrogens with zero attached hydrogens (tertiary/aromatic N) is 4. The van der Waals surface area contributed by atoms with Crippen molar-refractivity contribution in [2.24, 2.45) is 0 Å². The highest BCUT2D eigenvalue weighted by Gasteiger charge is 2.18. The number of rotatable bonds is 6. The van der Waals surface area contributed by atoms with Crippen molar-refractivity contribution in [3.8, 4) is 0 Å². The molecule has 0 aliphatic heterocycles. The van der Waals surface area contributed by atoms with Crippen LogP contribution in [0, 0.1) is 0 Å². The number of hydrogen-bond donors (Lipinski definition) is 0. The molecule has 3 heterocycles. The molecule has 1 aromatic carbocycles. The maximum atomic E-state index is 12.8. The van der Waals surface area contributed by atoms with Crippen LogP contribution in [0.1, 0.15) is 19.7 Å². The van der Waals surface area contributed by atoms with Crippen LogP contribution in [0.5, 0.6) is 0 Å². The molecule has 7 heteroatoms. The highest BCUT2D eigenvalue weighted by molar-refractivity contribution is 8.00. The first-order chi connectivity index (χ1) is 13.2. The van der Waals surface area contributed by atoms with Gasteiger partial charge in [0.25, 0.3) is 0 Å². The molecule has 4 rings (SSSR count). The van der Waals surface area contributed by atoms with Gasteiger partial charge in [0.05, 0.1) is 23.0 Å². The Balaban J connectivity index is 1.61. The van der Waals surface area contributed by atoms with Crippen LogP contribution < -0.4 is 4.90 Å². The molecule has 0 atom stereocenters. The lowest BCUT2D eigenvalue weighted by atomic mass is 10.3. The largest absolute Gasteiger partial charge is 0.463 e. The molecule has 0 saturated heterocycles. The summed E-state index contributed by atoms with van der Waals surface area (Å²) in [4.78, 5) is 14.5. The van der Waals surface area contributed by atoms with Crippen molar-refractivity contribution in [1.82, 2.24) is 14.6 Å². The normalized spacial score (nSPS) is 11.3. The number of aryl methyl sites for hydroxylation is 1. The molecule has 0 unspecified atom stereocenters. The van der Waals surface area contributed by atoms with Gasteiger partial charge in [0.2, 0.25) is 5.91 Å². The van der Waals surface area contributed by atoms with Gasteiger partial charge in [0.1, 0.15) is 10.9 Å². The third-order valence-electron chi connectivity index (χ3n) is 4.49. The molecule has 1 amide bonds. The number of benzene rings is 1. The van der Waals surface area contributed by atoms with Gasteiger partial charge in [0, 0.05) is 30.8 Å². The number of para-hydroxylation sites is 1. The molecule has 0 bridgehead atoms. The zero-order chi connectivity index (χ0) is 18.8. The molecular weight excluding hydrogens is 360 g/mol. The van der Waals surface area contributed by atoms with E-state index >= 15 is 0 Å². The Morgan fingerprint density at radius 1 is 1.15 bits per heavy atom. The molecule has 27 heavy (non-hydrogen) atoms. The average molecular weight is 380 g/mol. The lowest BCUT2D eigenvalue weighted by Gasteiger charge is -2.20. The van der Waals surface area contributed by atoms with Crippen molar-refractivity contribution < 1.29 is 9.21 Å². The Morgan fingerprint density at radius 3 is 2.70 bits per heavy atom. The quantitative estimate of drug-likeness (QED) is 0.470. The molecule has 0 radical (unpaired) electrons. The number of thioether (sulfide) groups is 1. The summed E-state index contributed by atoms with van der Waals surface area (Å²) in [7, 11) is 0. The van der Waals surface area contributed by atoms with Crippen molar-refractivity contribution >= 4 is 40.0 Å². The lowest BCUT2D eigenvalue weighted by molar-refractivity contribution is -0.116. The van der Waals surface area contributed by atoms with Gasteiger partial charge in [0.15, 0.2) is 5.58 Å². The van der Waals surface area contributed by atoms with E-state index in [4.69, 9.17) is 4.42 Å². The van der Waals surface area contributed by atoms with E-state index in [0.717, 1.165) is 39.6 Å². The van der Waals surface area contributed by atoms with Gasteiger partial charge in [-0.15, -0.1) is 10.2 Å². The van der Waals surface area contributed by atoms with Gasteiger partial charge in [-0.05, 0) is 19.1 Å². The highest BCUT2D eigenvalue weighted by atomic mass is 32.2. The van der Waals surface area contributed by atoms with E-state index in [0.29, 0.717) is 12.3 Å². The fraction of sp³-hybridized carbons (Fsp3) is 0.250. The fourth-order valence-electron chi connectivity index (χ4n) is 3.21. The van der Waals surface area contributed by atoms with E-state index in [1.165, 1.54) is 11.8 Å². The van der Waals surface area contributed by atoms with Gasteiger partial charge in [-0.1, -0.05) is 36.9 Å².